The van der Waals surface area contributed by atoms with E-state index in [-0.39, 0.29) is 5.91 Å². The number of nitrogens with zero attached hydrogens (tertiary/aromatic N) is 1. The van der Waals surface area contributed by atoms with Crippen molar-refractivity contribution in [2.45, 2.75) is 13.8 Å². The van der Waals surface area contributed by atoms with Gasteiger partial charge in [0.25, 0.3) is 5.91 Å². The lowest BCUT2D eigenvalue weighted by atomic mass is 10.1. The Morgan fingerprint density at radius 1 is 1.25 bits per heavy atom. The molecule has 0 fully saturated rings. The number of nitrogens with one attached hydrogen (secondary N) is 1. The van der Waals surface area contributed by atoms with Crippen molar-refractivity contribution in [1.29, 1.82) is 0 Å². The minimum absolute atomic E-state index is 0.333. The van der Waals surface area contributed by atoms with Crippen molar-refractivity contribution < 1.29 is 9.21 Å². The maximum Gasteiger partial charge on any atom is 0.274 e. The Kier molecular flexibility index (Phi) is 4.47. The van der Waals surface area contributed by atoms with Crippen LogP contribution in [0.2, 0.25) is 10.0 Å². The van der Waals surface area contributed by atoms with Crippen LogP contribution in [0.1, 0.15) is 28.6 Å². The summed E-state index contributed by atoms with van der Waals surface area (Å²) in [4.78, 5) is 11.9. The van der Waals surface area contributed by atoms with Crippen LogP contribution in [0.4, 0.5) is 0 Å². The van der Waals surface area contributed by atoms with E-state index in [0.29, 0.717) is 32.6 Å². The molecular formula is C14H12Cl2N2O2. The fraction of sp³-hybridized carbons (Fsp3) is 0.143. The van der Waals surface area contributed by atoms with Gasteiger partial charge < -0.3 is 4.42 Å². The maximum absolute atomic E-state index is 11.9. The highest BCUT2D eigenvalue weighted by Gasteiger charge is 2.11. The summed E-state index contributed by atoms with van der Waals surface area (Å²) in [5.74, 6) is 0.209. The van der Waals surface area contributed by atoms with Crippen LogP contribution >= 0.6 is 23.2 Å². The molecular weight excluding hydrogens is 299 g/mol. The van der Waals surface area contributed by atoms with Crippen molar-refractivity contribution >= 4 is 34.8 Å². The molecule has 0 atom stereocenters. The zero-order valence-corrected chi connectivity index (χ0v) is 12.4. The molecule has 0 unspecified atom stereocenters. The SMILES string of the molecule is C/C(=N/NC(=O)c1ccoc1C)c1ccc(Cl)cc1Cl. The zero-order chi connectivity index (χ0) is 14.7. The van der Waals surface area contributed by atoms with E-state index in [4.69, 9.17) is 27.6 Å². The molecule has 0 spiro atoms. The van der Waals surface area contributed by atoms with Crippen LogP contribution in [0.25, 0.3) is 0 Å². The highest BCUT2D eigenvalue weighted by molar-refractivity contribution is 6.37. The second-order valence-electron chi connectivity index (χ2n) is 4.15. The van der Waals surface area contributed by atoms with Gasteiger partial charge in [-0.05, 0) is 32.0 Å². The van der Waals surface area contributed by atoms with Crippen LogP contribution in [-0.2, 0) is 0 Å². The van der Waals surface area contributed by atoms with E-state index < -0.39 is 0 Å². The first-order chi connectivity index (χ1) is 9.49. The van der Waals surface area contributed by atoms with Gasteiger partial charge in [-0.15, -0.1) is 0 Å². The third-order valence-electron chi connectivity index (χ3n) is 2.75. The molecule has 0 radical (unpaired) electrons. The molecule has 0 aliphatic heterocycles. The number of amides is 1. The quantitative estimate of drug-likeness (QED) is 0.687. The van der Waals surface area contributed by atoms with Gasteiger partial charge in [-0.2, -0.15) is 5.10 Å². The van der Waals surface area contributed by atoms with Crippen LogP contribution in [0.3, 0.4) is 0 Å². The number of rotatable bonds is 3. The van der Waals surface area contributed by atoms with Crippen LogP contribution in [0, 0.1) is 6.92 Å². The Balaban J connectivity index is 2.15. The predicted octanol–water partition coefficient (Wildman–Crippen LogP) is 4.05. The molecule has 0 saturated heterocycles. The minimum atomic E-state index is -0.333. The Labute approximate surface area is 126 Å². The number of benzene rings is 1. The first-order valence-corrected chi connectivity index (χ1v) is 6.59. The topological polar surface area (TPSA) is 54.6 Å². The predicted molar refractivity (Wildman–Crippen MR) is 79.6 cm³/mol. The molecule has 0 bridgehead atoms. The zero-order valence-electron chi connectivity index (χ0n) is 10.9. The first kappa shape index (κ1) is 14.6. The summed E-state index contributed by atoms with van der Waals surface area (Å²) >= 11 is 11.9. The smallest absolute Gasteiger partial charge is 0.274 e. The molecule has 0 aliphatic carbocycles. The average Bonchev–Trinajstić information content (AvgIpc) is 2.82. The van der Waals surface area contributed by atoms with Crippen molar-refractivity contribution in [3.05, 3.63) is 57.5 Å². The van der Waals surface area contributed by atoms with Crippen molar-refractivity contribution in [3.63, 3.8) is 0 Å². The fourth-order valence-electron chi connectivity index (χ4n) is 1.66. The van der Waals surface area contributed by atoms with Crippen molar-refractivity contribution in [3.8, 4) is 0 Å². The summed E-state index contributed by atoms with van der Waals surface area (Å²) in [5.41, 5.74) is 4.20. The van der Waals surface area contributed by atoms with Gasteiger partial charge in [0.05, 0.1) is 22.6 Å². The number of hydrazone groups is 1. The van der Waals surface area contributed by atoms with Crippen molar-refractivity contribution in [2.75, 3.05) is 0 Å². The molecule has 1 aromatic heterocycles. The van der Waals surface area contributed by atoms with Gasteiger partial charge in [-0.25, -0.2) is 5.43 Å². The molecule has 2 aromatic rings. The summed E-state index contributed by atoms with van der Waals surface area (Å²) in [6.07, 6.45) is 1.46. The Bertz CT molecular complexity index is 678. The molecule has 1 aromatic carbocycles. The second kappa shape index (κ2) is 6.11. The van der Waals surface area contributed by atoms with Gasteiger partial charge in [0.2, 0.25) is 0 Å². The molecule has 2 rings (SSSR count). The minimum Gasteiger partial charge on any atom is -0.469 e. The number of aryl methyl sites for hydroxylation is 1. The number of carbonyl (C=O) groups is 1. The first-order valence-electron chi connectivity index (χ1n) is 5.83. The van der Waals surface area contributed by atoms with Gasteiger partial charge in [-0.1, -0.05) is 29.3 Å². The van der Waals surface area contributed by atoms with Crippen LogP contribution in [0.15, 0.2) is 40.0 Å². The molecule has 1 N–H and O–H groups in total. The van der Waals surface area contributed by atoms with E-state index in [2.05, 4.69) is 10.5 Å². The number of carbonyl (C=O) groups excluding carboxylic acids is 1. The summed E-state index contributed by atoms with van der Waals surface area (Å²) in [7, 11) is 0. The third-order valence-corrected chi connectivity index (χ3v) is 3.30. The van der Waals surface area contributed by atoms with E-state index in [9.17, 15) is 4.79 Å². The summed E-state index contributed by atoms with van der Waals surface area (Å²) in [5, 5.41) is 5.05. The molecule has 4 nitrogen and oxygen atoms in total. The highest BCUT2D eigenvalue weighted by Crippen LogP contribution is 2.21. The average molecular weight is 311 g/mol. The van der Waals surface area contributed by atoms with E-state index in [1.165, 1.54) is 6.26 Å². The highest BCUT2D eigenvalue weighted by atomic mass is 35.5. The normalized spacial score (nSPS) is 11.5. The van der Waals surface area contributed by atoms with Crippen LogP contribution < -0.4 is 5.43 Å². The summed E-state index contributed by atoms with van der Waals surface area (Å²) in [6, 6.07) is 6.67. The second-order valence-corrected chi connectivity index (χ2v) is 5.00. The lowest BCUT2D eigenvalue weighted by Gasteiger charge is -2.05. The standard InChI is InChI=1S/C14H12Cl2N2O2/c1-8(11-4-3-10(15)7-13(11)16)17-18-14(19)12-5-6-20-9(12)2/h3-7H,1-2H3,(H,18,19)/b17-8-. The van der Waals surface area contributed by atoms with Gasteiger partial charge in [-0.3, -0.25) is 4.79 Å². The fourth-order valence-corrected chi connectivity index (χ4v) is 2.20. The molecule has 104 valence electrons. The van der Waals surface area contributed by atoms with E-state index in [1.807, 2.05) is 0 Å². The largest absolute Gasteiger partial charge is 0.469 e. The molecule has 20 heavy (non-hydrogen) atoms. The van der Waals surface area contributed by atoms with E-state index in [1.54, 1.807) is 38.1 Å². The van der Waals surface area contributed by atoms with E-state index >= 15 is 0 Å². The molecule has 6 heteroatoms. The lowest BCUT2D eigenvalue weighted by molar-refractivity contribution is 0.0953. The van der Waals surface area contributed by atoms with Gasteiger partial charge >= 0.3 is 0 Å². The Hall–Kier alpha value is -1.78. The monoisotopic (exact) mass is 310 g/mol. The third kappa shape index (κ3) is 3.21. The molecule has 0 aliphatic rings. The maximum atomic E-state index is 11.9. The molecule has 0 saturated carbocycles. The Morgan fingerprint density at radius 2 is 2.00 bits per heavy atom. The van der Waals surface area contributed by atoms with Gasteiger partial charge in [0, 0.05) is 10.6 Å². The van der Waals surface area contributed by atoms with Gasteiger partial charge in [0.15, 0.2) is 0 Å². The van der Waals surface area contributed by atoms with Crippen LogP contribution in [-0.4, -0.2) is 11.6 Å². The molecule has 1 heterocycles. The van der Waals surface area contributed by atoms with Crippen molar-refractivity contribution in [1.82, 2.24) is 5.43 Å². The van der Waals surface area contributed by atoms with Gasteiger partial charge in [0.1, 0.15) is 5.76 Å². The van der Waals surface area contributed by atoms with E-state index in [0.717, 1.165) is 0 Å². The number of furan rings is 1. The molecule has 1 amide bonds. The number of hydrogen-bond donors (Lipinski definition) is 1. The number of hydrogen-bond acceptors (Lipinski definition) is 3. The van der Waals surface area contributed by atoms with Crippen molar-refractivity contribution in [2.24, 2.45) is 5.10 Å². The lowest BCUT2D eigenvalue weighted by Crippen LogP contribution is -2.19. The summed E-state index contributed by atoms with van der Waals surface area (Å²) < 4.78 is 5.06. The van der Waals surface area contributed by atoms with Crippen LogP contribution in [0.5, 0.6) is 0 Å². The Morgan fingerprint density at radius 3 is 2.60 bits per heavy atom. The summed E-state index contributed by atoms with van der Waals surface area (Å²) in [6.45, 7) is 3.46. The number of halogens is 2.